The van der Waals surface area contributed by atoms with Crippen molar-refractivity contribution < 1.29 is 0 Å². The summed E-state index contributed by atoms with van der Waals surface area (Å²) < 4.78 is 0. The number of aromatic nitrogens is 1. The SMILES string of the molecule is C=C\C=C(Cl)/C(/C=C\c1ccccn1)=C1/CCNCCC1C. The van der Waals surface area contributed by atoms with Crippen LogP contribution in [0.1, 0.15) is 25.5 Å². The Kier molecular flexibility index (Phi) is 6.63. The van der Waals surface area contributed by atoms with Crippen molar-refractivity contribution in [2.24, 2.45) is 5.92 Å². The van der Waals surface area contributed by atoms with E-state index in [4.69, 9.17) is 11.6 Å². The molecule has 1 N–H and O–H groups in total. The molecule has 1 aromatic heterocycles. The fourth-order valence-electron chi connectivity index (χ4n) is 2.66. The molecule has 1 aliphatic heterocycles. The molecule has 0 radical (unpaired) electrons. The first kappa shape index (κ1) is 16.7. The number of pyridine rings is 1. The second kappa shape index (κ2) is 8.72. The van der Waals surface area contributed by atoms with Crippen molar-refractivity contribution in [3.63, 3.8) is 0 Å². The normalized spacial score (nSPS) is 22.5. The molecule has 116 valence electrons. The molecule has 0 aliphatic carbocycles. The third kappa shape index (κ3) is 4.69. The Balaban J connectivity index is 2.39. The minimum absolute atomic E-state index is 0.519. The predicted molar refractivity (Wildman–Crippen MR) is 95.7 cm³/mol. The number of allylic oxidation sites excluding steroid dienone is 5. The van der Waals surface area contributed by atoms with Gasteiger partial charge < -0.3 is 5.32 Å². The first-order chi connectivity index (χ1) is 10.7. The van der Waals surface area contributed by atoms with Gasteiger partial charge in [-0.25, -0.2) is 0 Å². The van der Waals surface area contributed by atoms with Crippen molar-refractivity contribution in [2.75, 3.05) is 13.1 Å². The predicted octanol–water partition coefficient (Wildman–Crippen LogP) is 4.72. The first-order valence-electron chi connectivity index (χ1n) is 7.74. The number of rotatable bonds is 4. The minimum atomic E-state index is 0.519. The van der Waals surface area contributed by atoms with Crippen LogP contribution in [0.25, 0.3) is 6.08 Å². The number of nitrogens with one attached hydrogen (secondary N) is 1. The van der Waals surface area contributed by atoms with Gasteiger partial charge in [-0.05, 0) is 61.7 Å². The lowest BCUT2D eigenvalue weighted by Gasteiger charge is -2.16. The van der Waals surface area contributed by atoms with Gasteiger partial charge in [-0.2, -0.15) is 0 Å². The molecule has 2 nitrogen and oxygen atoms in total. The molecule has 1 saturated heterocycles. The van der Waals surface area contributed by atoms with E-state index in [1.165, 1.54) is 5.57 Å². The van der Waals surface area contributed by atoms with Crippen molar-refractivity contribution in [2.45, 2.75) is 19.8 Å². The second-order valence-corrected chi connectivity index (χ2v) is 5.87. The summed E-state index contributed by atoms with van der Waals surface area (Å²) in [6.07, 6.45) is 11.6. The zero-order chi connectivity index (χ0) is 15.8. The van der Waals surface area contributed by atoms with Crippen LogP contribution >= 0.6 is 11.6 Å². The highest BCUT2D eigenvalue weighted by Gasteiger charge is 2.17. The Morgan fingerprint density at radius 1 is 1.41 bits per heavy atom. The van der Waals surface area contributed by atoms with E-state index in [0.717, 1.165) is 42.2 Å². The van der Waals surface area contributed by atoms with E-state index in [0.29, 0.717) is 5.92 Å². The topological polar surface area (TPSA) is 24.9 Å². The maximum atomic E-state index is 6.51. The van der Waals surface area contributed by atoms with E-state index in [2.05, 4.69) is 29.9 Å². The summed E-state index contributed by atoms with van der Waals surface area (Å²) in [4.78, 5) is 4.33. The quantitative estimate of drug-likeness (QED) is 0.813. The maximum absolute atomic E-state index is 6.51. The van der Waals surface area contributed by atoms with Crippen molar-refractivity contribution in [3.05, 3.63) is 71.1 Å². The summed E-state index contributed by atoms with van der Waals surface area (Å²) >= 11 is 6.51. The molecule has 22 heavy (non-hydrogen) atoms. The van der Waals surface area contributed by atoms with Crippen LogP contribution < -0.4 is 5.32 Å². The van der Waals surface area contributed by atoms with Crippen molar-refractivity contribution in [1.29, 1.82) is 0 Å². The van der Waals surface area contributed by atoms with Gasteiger partial charge in [0.05, 0.1) is 5.69 Å². The van der Waals surface area contributed by atoms with E-state index in [9.17, 15) is 0 Å². The monoisotopic (exact) mass is 314 g/mol. The van der Waals surface area contributed by atoms with Crippen LogP contribution in [0, 0.1) is 5.92 Å². The van der Waals surface area contributed by atoms with Crippen molar-refractivity contribution in [3.8, 4) is 0 Å². The van der Waals surface area contributed by atoms with Gasteiger partial charge in [0.1, 0.15) is 0 Å². The molecule has 1 atom stereocenters. The molecule has 1 aromatic rings. The Morgan fingerprint density at radius 3 is 3.00 bits per heavy atom. The molecule has 3 heteroatoms. The molecule has 0 bridgehead atoms. The van der Waals surface area contributed by atoms with Crippen LogP contribution in [0.15, 0.2) is 65.4 Å². The third-order valence-corrected chi connectivity index (χ3v) is 4.23. The summed E-state index contributed by atoms with van der Waals surface area (Å²) in [6, 6.07) is 5.89. The first-order valence-corrected chi connectivity index (χ1v) is 8.11. The highest BCUT2D eigenvalue weighted by Crippen LogP contribution is 2.30. The molecular formula is C19H23ClN2. The summed E-state index contributed by atoms with van der Waals surface area (Å²) in [6.45, 7) is 8.08. The van der Waals surface area contributed by atoms with Gasteiger partial charge in [0.25, 0.3) is 0 Å². The number of hydrogen-bond donors (Lipinski definition) is 1. The molecule has 0 spiro atoms. The fourth-order valence-corrected chi connectivity index (χ4v) is 2.94. The summed E-state index contributed by atoms with van der Waals surface area (Å²) in [5.41, 5.74) is 3.44. The van der Waals surface area contributed by atoms with Gasteiger partial charge in [0.15, 0.2) is 0 Å². The van der Waals surface area contributed by atoms with Crippen LogP contribution in [0.2, 0.25) is 0 Å². The van der Waals surface area contributed by atoms with Crippen LogP contribution in [0.4, 0.5) is 0 Å². The van der Waals surface area contributed by atoms with Gasteiger partial charge in [-0.3, -0.25) is 4.98 Å². The lowest BCUT2D eigenvalue weighted by Crippen LogP contribution is -2.13. The second-order valence-electron chi connectivity index (χ2n) is 5.47. The van der Waals surface area contributed by atoms with Gasteiger partial charge in [0, 0.05) is 11.2 Å². The number of hydrogen-bond acceptors (Lipinski definition) is 2. The standard InChI is InChI=1S/C19H23ClN2/c1-3-6-19(20)18(9-8-16-7-4-5-12-22-16)17-11-14-21-13-10-15(17)2/h3-9,12,15,21H,1,10-11,13-14H2,2H3/b9-8-,18-17-,19-6+. The molecule has 0 aromatic carbocycles. The van der Waals surface area contributed by atoms with Crippen molar-refractivity contribution >= 4 is 17.7 Å². The molecule has 2 heterocycles. The Morgan fingerprint density at radius 2 is 2.27 bits per heavy atom. The Hall–Kier alpha value is -1.64. The van der Waals surface area contributed by atoms with Crippen LogP contribution in [-0.4, -0.2) is 18.1 Å². The van der Waals surface area contributed by atoms with Crippen LogP contribution in [-0.2, 0) is 0 Å². The minimum Gasteiger partial charge on any atom is -0.316 e. The molecule has 1 fully saturated rings. The van der Waals surface area contributed by atoms with E-state index >= 15 is 0 Å². The van der Waals surface area contributed by atoms with Crippen LogP contribution in [0.3, 0.4) is 0 Å². The average molecular weight is 315 g/mol. The smallest absolute Gasteiger partial charge is 0.0629 e. The molecule has 1 unspecified atom stereocenters. The van der Waals surface area contributed by atoms with E-state index in [1.807, 2.05) is 30.4 Å². The summed E-state index contributed by atoms with van der Waals surface area (Å²) in [5, 5.41) is 4.20. The zero-order valence-electron chi connectivity index (χ0n) is 13.1. The summed E-state index contributed by atoms with van der Waals surface area (Å²) in [7, 11) is 0. The molecule has 1 aliphatic rings. The average Bonchev–Trinajstić information content (AvgIpc) is 2.74. The third-order valence-electron chi connectivity index (χ3n) is 3.90. The van der Waals surface area contributed by atoms with Gasteiger partial charge in [-0.15, -0.1) is 0 Å². The zero-order valence-corrected chi connectivity index (χ0v) is 13.8. The highest BCUT2D eigenvalue weighted by molar-refractivity contribution is 6.32. The highest BCUT2D eigenvalue weighted by atomic mass is 35.5. The Bertz CT molecular complexity index is 585. The fraction of sp³-hybridized carbons (Fsp3) is 0.316. The van der Waals surface area contributed by atoms with E-state index < -0.39 is 0 Å². The molecule has 0 amide bonds. The lowest BCUT2D eigenvalue weighted by molar-refractivity contribution is 0.608. The molecule has 0 saturated carbocycles. The largest absolute Gasteiger partial charge is 0.316 e. The van der Waals surface area contributed by atoms with E-state index in [1.54, 1.807) is 12.3 Å². The molecular weight excluding hydrogens is 292 g/mol. The van der Waals surface area contributed by atoms with Crippen molar-refractivity contribution in [1.82, 2.24) is 10.3 Å². The summed E-state index contributed by atoms with van der Waals surface area (Å²) in [5.74, 6) is 0.519. The maximum Gasteiger partial charge on any atom is 0.0629 e. The van der Waals surface area contributed by atoms with Gasteiger partial charge in [0.2, 0.25) is 0 Å². The molecule has 2 rings (SSSR count). The van der Waals surface area contributed by atoms with E-state index in [-0.39, 0.29) is 0 Å². The van der Waals surface area contributed by atoms with Gasteiger partial charge >= 0.3 is 0 Å². The Labute approximate surface area is 138 Å². The number of nitrogens with zero attached hydrogens (tertiary/aromatic N) is 1. The number of halogens is 1. The lowest BCUT2D eigenvalue weighted by atomic mass is 9.90. The van der Waals surface area contributed by atoms with Gasteiger partial charge in [-0.1, -0.05) is 48.9 Å². The van der Waals surface area contributed by atoms with Crippen LogP contribution in [0.5, 0.6) is 0 Å².